The SMILES string of the molecule is COc1ccc([N+](=O)[O-])cc1NC1CCN(Cc2ccc(SC)cc2)CC1.O=C(O)C(=O)O. The van der Waals surface area contributed by atoms with Gasteiger partial charge in [-0.15, -0.1) is 11.8 Å². The Morgan fingerprint density at radius 1 is 1.15 bits per heavy atom. The van der Waals surface area contributed by atoms with Gasteiger partial charge in [-0.3, -0.25) is 15.0 Å². The van der Waals surface area contributed by atoms with Crippen molar-refractivity contribution in [1.29, 1.82) is 0 Å². The molecule has 3 N–H and O–H groups in total. The van der Waals surface area contributed by atoms with Gasteiger partial charge in [-0.1, -0.05) is 12.1 Å². The van der Waals surface area contributed by atoms with Crippen molar-refractivity contribution in [3.8, 4) is 5.75 Å². The van der Waals surface area contributed by atoms with Crippen molar-refractivity contribution < 1.29 is 29.5 Å². The minimum absolute atomic E-state index is 0.0735. The van der Waals surface area contributed by atoms with Crippen molar-refractivity contribution in [2.24, 2.45) is 0 Å². The fraction of sp³-hybridized carbons (Fsp3) is 0.364. The molecule has 0 aromatic heterocycles. The van der Waals surface area contributed by atoms with Crippen molar-refractivity contribution in [3.63, 3.8) is 0 Å². The fourth-order valence-electron chi connectivity index (χ4n) is 3.37. The van der Waals surface area contributed by atoms with E-state index >= 15 is 0 Å². The van der Waals surface area contributed by atoms with E-state index in [1.807, 2.05) is 0 Å². The minimum atomic E-state index is -1.82. The van der Waals surface area contributed by atoms with E-state index in [-0.39, 0.29) is 16.7 Å². The summed E-state index contributed by atoms with van der Waals surface area (Å²) in [5.74, 6) is -3.01. The number of nitro benzene ring substituents is 1. The van der Waals surface area contributed by atoms with Crippen LogP contribution in [0.4, 0.5) is 11.4 Å². The molecule has 0 spiro atoms. The number of hydrogen-bond acceptors (Lipinski definition) is 8. The van der Waals surface area contributed by atoms with Crippen molar-refractivity contribution in [2.45, 2.75) is 30.3 Å². The first-order valence-electron chi connectivity index (χ1n) is 10.1. The zero-order chi connectivity index (χ0) is 24.4. The highest BCUT2D eigenvalue weighted by Gasteiger charge is 2.21. The highest BCUT2D eigenvalue weighted by atomic mass is 32.2. The van der Waals surface area contributed by atoms with E-state index in [0.29, 0.717) is 11.4 Å². The average Bonchev–Trinajstić information content (AvgIpc) is 2.81. The lowest BCUT2D eigenvalue weighted by molar-refractivity contribution is -0.384. The van der Waals surface area contributed by atoms with Crippen LogP contribution >= 0.6 is 11.8 Å². The van der Waals surface area contributed by atoms with Crippen LogP contribution in [-0.2, 0) is 16.1 Å². The quantitative estimate of drug-likeness (QED) is 0.234. The lowest BCUT2D eigenvalue weighted by Crippen LogP contribution is -2.38. The molecule has 1 aliphatic rings. The lowest BCUT2D eigenvalue weighted by atomic mass is 10.0. The zero-order valence-electron chi connectivity index (χ0n) is 18.4. The van der Waals surface area contributed by atoms with Crippen molar-refractivity contribution in [3.05, 3.63) is 58.1 Å². The Bertz CT molecular complexity index is 949. The number of rotatable bonds is 7. The van der Waals surface area contributed by atoms with Crippen molar-refractivity contribution in [2.75, 3.05) is 31.8 Å². The highest BCUT2D eigenvalue weighted by Crippen LogP contribution is 2.31. The van der Waals surface area contributed by atoms with E-state index in [2.05, 4.69) is 40.7 Å². The molecule has 1 fully saturated rings. The van der Waals surface area contributed by atoms with Crippen molar-refractivity contribution >= 4 is 35.1 Å². The van der Waals surface area contributed by atoms with E-state index in [9.17, 15) is 10.1 Å². The number of thioether (sulfide) groups is 1. The largest absolute Gasteiger partial charge is 0.495 e. The maximum Gasteiger partial charge on any atom is 0.414 e. The third-order valence-electron chi connectivity index (χ3n) is 5.09. The molecule has 0 amide bonds. The van der Waals surface area contributed by atoms with E-state index in [0.717, 1.165) is 32.5 Å². The molecule has 0 unspecified atom stereocenters. The number of nitro groups is 1. The first-order chi connectivity index (χ1) is 15.7. The number of carbonyl (C=O) groups is 2. The van der Waals surface area contributed by atoms with Gasteiger partial charge >= 0.3 is 11.9 Å². The molecule has 0 atom stereocenters. The summed E-state index contributed by atoms with van der Waals surface area (Å²) in [6.45, 7) is 2.96. The molecule has 0 saturated carbocycles. The highest BCUT2D eigenvalue weighted by molar-refractivity contribution is 7.98. The molecule has 2 aromatic rings. The molecule has 33 heavy (non-hydrogen) atoms. The number of non-ortho nitro benzene ring substituents is 1. The Kier molecular flexibility index (Phi) is 9.95. The Balaban J connectivity index is 0.000000569. The van der Waals surface area contributed by atoms with Crippen LogP contribution in [0.2, 0.25) is 0 Å². The van der Waals surface area contributed by atoms with Gasteiger partial charge in [0.1, 0.15) is 5.75 Å². The number of anilines is 1. The van der Waals surface area contributed by atoms with E-state index in [1.54, 1.807) is 31.0 Å². The fourth-order valence-corrected chi connectivity index (χ4v) is 3.78. The molecule has 1 aliphatic heterocycles. The number of aliphatic carboxylic acids is 2. The predicted molar refractivity (Wildman–Crippen MR) is 125 cm³/mol. The molecule has 1 saturated heterocycles. The van der Waals surface area contributed by atoms with Gasteiger partial charge in [-0.05, 0) is 42.9 Å². The summed E-state index contributed by atoms with van der Waals surface area (Å²) in [4.78, 5) is 32.6. The van der Waals surface area contributed by atoms with E-state index in [4.69, 9.17) is 24.5 Å². The number of carboxylic acid groups (broad SMARTS) is 2. The first-order valence-corrected chi connectivity index (χ1v) is 11.4. The number of hydrogen-bond donors (Lipinski definition) is 3. The van der Waals surface area contributed by atoms with Crippen LogP contribution in [0.5, 0.6) is 5.75 Å². The van der Waals surface area contributed by atoms with Gasteiger partial charge < -0.3 is 20.3 Å². The average molecular weight is 478 g/mol. The first kappa shape index (κ1) is 25.9. The number of methoxy groups -OCH3 is 1. The van der Waals surface area contributed by atoms with Crippen LogP contribution in [0, 0.1) is 10.1 Å². The summed E-state index contributed by atoms with van der Waals surface area (Å²) < 4.78 is 5.34. The van der Waals surface area contributed by atoms with Crippen LogP contribution in [0.15, 0.2) is 47.4 Å². The summed E-state index contributed by atoms with van der Waals surface area (Å²) in [6, 6.07) is 13.7. The normalized spacial score (nSPS) is 14.0. The van der Waals surface area contributed by atoms with Crippen molar-refractivity contribution in [1.82, 2.24) is 4.90 Å². The molecule has 2 aromatic carbocycles. The third kappa shape index (κ3) is 8.28. The summed E-state index contributed by atoms with van der Waals surface area (Å²) in [5.41, 5.74) is 2.10. The number of likely N-dealkylation sites (tertiary alicyclic amines) is 1. The molecular weight excluding hydrogens is 450 g/mol. The molecule has 11 heteroatoms. The summed E-state index contributed by atoms with van der Waals surface area (Å²) in [5, 5.41) is 29.2. The Labute approximate surface area is 195 Å². The van der Waals surface area contributed by atoms with Crippen LogP contribution < -0.4 is 10.1 Å². The molecular formula is C22H27N3O7S. The smallest absolute Gasteiger partial charge is 0.414 e. The van der Waals surface area contributed by atoms with Crippen LogP contribution in [-0.4, -0.2) is 64.5 Å². The number of nitrogens with zero attached hydrogens (tertiary/aromatic N) is 2. The predicted octanol–water partition coefficient (Wildman–Crippen LogP) is 3.56. The number of nitrogens with one attached hydrogen (secondary N) is 1. The number of carboxylic acids is 2. The monoisotopic (exact) mass is 477 g/mol. The summed E-state index contributed by atoms with van der Waals surface area (Å²) in [6.07, 6.45) is 4.08. The van der Waals surface area contributed by atoms with Gasteiger partial charge in [0.15, 0.2) is 0 Å². The summed E-state index contributed by atoms with van der Waals surface area (Å²) in [7, 11) is 1.58. The Morgan fingerprint density at radius 2 is 1.76 bits per heavy atom. The molecule has 0 radical (unpaired) electrons. The molecule has 0 aliphatic carbocycles. The second kappa shape index (κ2) is 12.7. The second-order valence-corrected chi connectivity index (χ2v) is 8.17. The van der Waals surface area contributed by atoms with Crippen LogP contribution in [0.3, 0.4) is 0 Å². The van der Waals surface area contributed by atoms with E-state index < -0.39 is 11.9 Å². The van der Waals surface area contributed by atoms with E-state index in [1.165, 1.54) is 16.5 Å². The molecule has 10 nitrogen and oxygen atoms in total. The maximum atomic E-state index is 11.0. The van der Waals surface area contributed by atoms with Gasteiger partial charge in [0.05, 0.1) is 17.7 Å². The third-order valence-corrected chi connectivity index (χ3v) is 5.83. The Hall–Kier alpha value is -3.31. The number of ether oxygens (including phenoxy) is 1. The Morgan fingerprint density at radius 3 is 2.24 bits per heavy atom. The minimum Gasteiger partial charge on any atom is -0.495 e. The van der Waals surface area contributed by atoms with Gasteiger partial charge in [0.2, 0.25) is 0 Å². The number of piperidine rings is 1. The lowest BCUT2D eigenvalue weighted by Gasteiger charge is -2.33. The van der Waals surface area contributed by atoms with Crippen LogP contribution in [0.25, 0.3) is 0 Å². The van der Waals surface area contributed by atoms with Gasteiger partial charge in [0, 0.05) is 42.7 Å². The molecule has 0 bridgehead atoms. The summed E-state index contributed by atoms with van der Waals surface area (Å²) >= 11 is 1.76. The standard InChI is InChI=1S/C20H25N3O3S.C2H2O4/c1-26-20-8-5-17(23(24)25)13-19(20)21-16-9-11-22(12-10-16)14-15-3-6-18(27-2)7-4-15;3-1(4)2(5)6/h3-8,13,16,21H,9-12,14H2,1-2H3;(H,3,4)(H,5,6). The molecule has 3 rings (SSSR count). The molecule has 1 heterocycles. The zero-order valence-corrected chi connectivity index (χ0v) is 19.2. The second-order valence-electron chi connectivity index (χ2n) is 7.29. The number of benzene rings is 2. The van der Waals surface area contributed by atoms with Gasteiger partial charge in [-0.25, -0.2) is 9.59 Å². The van der Waals surface area contributed by atoms with Gasteiger partial charge in [0.25, 0.3) is 5.69 Å². The maximum absolute atomic E-state index is 11.0. The topological polar surface area (TPSA) is 142 Å². The van der Waals surface area contributed by atoms with Gasteiger partial charge in [-0.2, -0.15) is 0 Å². The molecule has 178 valence electrons. The van der Waals surface area contributed by atoms with Crippen LogP contribution in [0.1, 0.15) is 18.4 Å².